The smallest absolute Gasteiger partial charge is 0.244 e. The number of carbonyl (C=O) groups is 1. The molecule has 1 aromatic rings. The van der Waals surface area contributed by atoms with Crippen molar-refractivity contribution in [3.8, 4) is 0 Å². The van der Waals surface area contributed by atoms with Crippen molar-refractivity contribution < 1.29 is 4.79 Å². The van der Waals surface area contributed by atoms with Gasteiger partial charge in [-0.2, -0.15) is 5.10 Å². The second kappa shape index (κ2) is 3.81. The maximum Gasteiger partial charge on any atom is 0.244 e. The predicted molar refractivity (Wildman–Crippen MR) is 63.7 cm³/mol. The third-order valence-corrected chi connectivity index (χ3v) is 3.17. The topological polar surface area (TPSA) is 50.2 Å². The van der Waals surface area contributed by atoms with Crippen LogP contribution in [0.3, 0.4) is 0 Å². The standard InChI is InChI=1S/C11H18N4O/c1-5-7(2)15-6-9(16)12-10-8(3)13-14(4)11(10)15/h7H,5-6H2,1-4H3,(H,12,16). The molecule has 0 aliphatic carbocycles. The zero-order chi connectivity index (χ0) is 11.9. The largest absolute Gasteiger partial charge is 0.343 e. The van der Waals surface area contributed by atoms with Crippen LogP contribution in [0.15, 0.2) is 0 Å². The lowest BCUT2D eigenvalue weighted by Gasteiger charge is -2.33. The van der Waals surface area contributed by atoms with Gasteiger partial charge < -0.3 is 10.2 Å². The minimum Gasteiger partial charge on any atom is -0.343 e. The van der Waals surface area contributed by atoms with E-state index in [-0.39, 0.29) is 5.91 Å². The van der Waals surface area contributed by atoms with Crippen LogP contribution in [-0.2, 0) is 11.8 Å². The van der Waals surface area contributed by atoms with Crippen molar-refractivity contribution in [3.05, 3.63) is 5.69 Å². The number of aryl methyl sites for hydroxylation is 2. The van der Waals surface area contributed by atoms with Crippen LogP contribution in [0.1, 0.15) is 26.0 Å². The lowest BCUT2D eigenvalue weighted by atomic mass is 10.2. The van der Waals surface area contributed by atoms with Crippen LogP contribution < -0.4 is 10.2 Å². The number of rotatable bonds is 2. The quantitative estimate of drug-likeness (QED) is 0.820. The van der Waals surface area contributed by atoms with Gasteiger partial charge in [-0.3, -0.25) is 9.48 Å². The minimum atomic E-state index is 0.0453. The zero-order valence-electron chi connectivity index (χ0n) is 10.2. The molecule has 88 valence electrons. The molecule has 1 unspecified atom stereocenters. The average Bonchev–Trinajstić information content (AvgIpc) is 2.52. The first-order chi connectivity index (χ1) is 7.54. The lowest BCUT2D eigenvalue weighted by Crippen LogP contribution is -2.44. The zero-order valence-corrected chi connectivity index (χ0v) is 10.2. The van der Waals surface area contributed by atoms with Crippen molar-refractivity contribution in [2.75, 3.05) is 16.8 Å². The highest BCUT2D eigenvalue weighted by molar-refractivity contribution is 6.01. The van der Waals surface area contributed by atoms with Crippen LogP contribution in [0.2, 0.25) is 0 Å². The van der Waals surface area contributed by atoms with E-state index in [1.54, 1.807) is 0 Å². The molecule has 2 heterocycles. The highest BCUT2D eigenvalue weighted by Crippen LogP contribution is 2.33. The molecule has 5 nitrogen and oxygen atoms in total. The number of anilines is 2. The SMILES string of the molecule is CCC(C)N1CC(=O)Nc2c(C)nn(C)c21. The Morgan fingerprint density at radius 1 is 1.56 bits per heavy atom. The van der Waals surface area contributed by atoms with Gasteiger partial charge in [0, 0.05) is 13.1 Å². The summed E-state index contributed by atoms with van der Waals surface area (Å²) >= 11 is 0. The first kappa shape index (κ1) is 11.0. The molecule has 1 aromatic heterocycles. The molecule has 1 amide bonds. The first-order valence-electron chi connectivity index (χ1n) is 5.64. The molecule has 16 heavy (non-hydrogen) atoms. The van der Waals surface area contributed by atoms with E-state index in [2.05, 4.69) is 29.2 Å². The van der Waals surface area contributed by atoms with E-state index in [0.717, 1.165) is 23.6 Å². The average molecular weight is 222 g/mol. The molecular weight excluding hydrogens is 204 g/mol. The monoisotopic (exact) mass is 222 g/mol. The van der Waals surface area contributed by atoms with Gasteiger partial charge in [-0.25, -0.2) is 0 Å². The third kappa shape index (κ3) is 1.56. The van der Waals surface area contributed by atoms with Crippen LogP contribution in [-0.4, -0.2) is 28.3 Å². The molecule has 1 aliphatic heterocycles. The predicted octanol–water partition coefficient (Wildman–Crippen LogP) is 1.29. The molecule has 0 spiro atoms. The Balaban J connectivity index is 2.48. The van der Waals surface area contributed by atoms with Crippen LogP contribution in [0.4, 0.5) is 11.5 Å². The normalized spacial score (nSPS) is 17.0. The first-order valence-corrected chi connectivity index (χ1v) is 5.64. The molecule has 5 heteroatoms. The van der Waals surface area contributed by atoms with E-state index in [4.69, 9.17) is 0 Å². The van der Waals surface area contributed by atoms with Gasteiger partial charge in [0.15, 0.2) is 5.82 Å². The fraction of sp³-hybridized carbons (Fsp3) is 0.636. The summed E-state index contributed by atoms with van der Waals surface area (Å²) in [6.07, 6.45) is 1.01. The summed E-state index contributed by atoms with van der Waals surface area (Å²) in [6, 6.07) is 0.347. The fourth-order valence-corrected chi connectivity index (χ4v) is 2.12. The summed E-state index contributed by atoms with van der Waals surface area (Å²) in [5, 5.41) is 7.25. The maximum atomic E-state index is 11.6. The van der Waals surface area contributed by atoms with Crippen molar-refractivity contribution in [2.45, 2.75) is 33.2 Å². The Morgan fingerprint density at radius 3 is 2.88 bits per heavy atom. The summed E-state index contributed by atoms with van der Waals surface area (Å²) in [5.41, 5.74) is 1.73. The molecule has 0 aromatic carbocycles. The van der Waals surface area contributed by atoms with E-state index in [1.165, 1.54) is 0 Å². The second-order valence-corrected chi connectivity index (χ2v) is 4.34. The van der Waals surface area contributed by atoms with Crippen LogP contribution in [0.25, 0.3) is 0 Å². The summed E-state index contributed by atoms with van der Waals surface area (Å²) < 4.78 is 1.84. The van der Waals surface area contributed by atoms with Crippen LogP contribution in [0, 0.1) is 6.92 Å². The number of hydrogen-bond acceptors (Lipinski definition) is 3. The molecule has 2 rings (SSSR count). The molecule has 0 radical (unpaired) electrons. The minimum absolute atomic E-state index is 0.0453. The van der Waals surface area contributed by atoms with Gasteiger partial charge in [-0.05, 0) is 20.3 Å². The highest BCUT2D eigenvalue weighted by atomic mass is 16.2. The molecule has 1 N–H and O–H groups in total. The van der Waals surface area contributed by atoms with Gasteiger partial charge in [0.25, 0.3) is 0 Å². The number of hydrogen-bond donors (Lipinski definition) is 1. The third-order valence-electron chi connectivity index (χ3n) is 3.17. The Kier molecular flexibility index (Phi) is 2.61. The lowest BCUT2D eigenvalue weighted by molar-refractivity contribution is -0.115. The highest BCUT2D eigenvalue weighted by Gasteiger charge is 2.29. The Labute approximate surface area is 95.4 Å². The van der Waals surface area contributed by atoms with Crippen LogP contribution in [0.5, 0.6) is 0 Å². The fourth-order valence-electron chi connectivity index (χ4n) is 2.12. The van der Waals surface area contributed by atoms with E-state index >= 15 is 0 Å². The number of amides is 1. The Hall–Kier alpha value is -1.52. The van der Waals surface area contributed by atoms with Gasteiger partial charge in [-0.1, -0.05) is 6.92 Å². The molecule has 0 saturated carbocycles. The van der Waals surface area contributed by atoms with Gasteiger partial charge >= 0.3 is 0 Å². The summed E-state index contributed by atoms with van der Waals surface area (Å²) in [7, 11) is 1.92. The Morgan fingerprint density at radius 2 is 2.25 bits per heavy atom. The van der Waals surface area contributed by atoms with E-state index in [9.17, 15) is 4.79 Å². The number of fused-ring (bicyclic) bond motifs is 1. The Bertz CT molecular complexity index is 424. The molecule has 0 saturated heterocycles. The number of nitrogens with one attached hydrogen (secondary N) is 1. The van der Waals surface area contributed by atoms with Crippen molar-refractivity contribution in [1.29, 1.82) is 0 Å². The van der Waals surface area contributed by atoms with Crippen molar-refractivity contribution in [2.24, 2.45) is 7.05 Å². The van der Waals surface area contributed by atoms with E-state index in [0.29, 0.717) is 12.6 Å². The van der Waals surface area contributed by atoms with Crippen molar-refractivity contribution in [1.82, 2.24) is 9.78 Å². The number of carbonyl (C=O) groups excluding carboxylic acids is 1. The number of nitrogens with zero attached hydrogens (tertiary/aromatic N) is 3. The number of aromatic nitrogens is 2. The summed E-state index contributed by atoms with van der Waals surface area (Å²) in [4.78, 5) is 13.7. The molecular formula is C11H18N4O. The van der Waals surface area contributed by atoms with Gasteiger partial charge in [-0.15, -0.1) is 0 Å². The van der Waals surface area contributed by atoms with Gasteiger partial charge in [0.05, 0.1) is 12.2 Å². The second-order valence-electron chi connectivity index (χ2n) is 4.34. The summed E-state index contributed by atoms with van der Waals surface area (Å²) in [5.74, 6) is 1.07. The molecule has 0 fully saturated rings. The van der Waals surface area contributed by atoms with Gasteiger partial charge in [0.2, 0.25) is 5.91 Å². The van der Waals surface area contributed by atoms with E-state index < -0.39 is 0 Å². The molecule has 0 bridgehead atoms. The van der Waals surface area contributed by atoms with E-state index in [1.807, 2.05) is 18.7 Å². The maximum absolute atomic E-state index is 11.6. The molecule has 1 aliphatic rings. The summed E-state index contributed by atoms with van der Waals surface area (Å²) in [6.45, 7) is 6.59. The van der Waals surface area contributed by atoms with Crippen molar-refractivity contribution in [3.63, 3.8) is 0 Å². The molecule has 1 atom stereocenters. The van der Waals surface area contributed by atoms with Crippen LogP contribution >= 0.6 is 0 Å². The van der Waals surface area contributed by atoms with Crippen molar-refractivity contribution >= 4 is 17.4 Å². The van der Waals surface area contributed by atoms with Gasteiger partial charge in [0.1, 0.15) is 5.69 Å².